The topological polar surface area (TPSA) is 84.3 Å². The third-order valence-corrected chi connectivity index (χ3v) is 7.78. The molecule has 1 amide bonds. The minimum atomic E-state index is -3.03. The molecule has 8 heteroatoms. The van der Waals surface area contributed by atoms with E-state index in [0.29, 0.717) is 19.0 Å². The lowest BCUT2D eigenvalue weighted by Gasteiger charge is -2.36. The first kappa shape index (κ1) is 18.0. The van der Waals surface area contributed by atoms with Crippen LogP contribution in [0.5, 0.6) is 0 Å². The van der Waals surface area contributed by atoms with Crippen LogP contribution in [0.4, 0.5) is 0 Å². The van der Waals surface area contributed by atoms with Crippen molar-refractivity contribution in [1.82, 2.24) is 20.0 Å². The summed E-state index contributed by atoms with van der Waals surface area (Å²) < 4.78 is 25.1. The van der Waals surface area contributed by atoms with Gasteiger partial charge in [-0.05, 0) is 25.3 Å². The molecule has 3 aliphatic rings. The highest BCUT2D eigenvalue weighted by Crippen LogP contribution is 2.26. The Kier molecular flexibility index (Phi) is 5.05. The minimum Gasteiger partial charge on any atom is -0.350 e. The van der Waals surface area contributed by atoms with Crippen LogP contribution in [0, 0.1) is 5.92 Å². The summed E-state index contributed by atoms with van der Waals surface area (Å²) in [5.41, 5.74) is 2.08. The number of carbonyl (C=O) groups excluding carboxylic acids is 1. The second-order valence-corrected chi connectivity index (χ2v) is 10.2. The highest BCUT2D eigenvalue weighted by Gasteiger charge is 2.33. The first-order valence-corrected chi connectivity index (χ1v) is 11.6. The zero-order chi connectivity index (χ0) is 18.1. The van der Waals surface area contributed by atoms with Crippen LogP contribution in [0.2, 0.25) is 0 Å². The zero-order valence-electron chi connectivity index (χ0n) is 15.2. The number of fused-ring (bicyclic) bond motifs is 1. The van der Waals surface area contributed by atoms with Crippen LogP contribution >= 0.6 is 0 Å². The van der Waals surface area contributed by atoms with E-state index >= 15 is 0 Å². The van der Waals surface area contributed by atoms with Gasteiger partial charge in [-0.15, -0.1) is 0 Å². The summed E-state index contributed by atoms with van der Waals surface area (Å²) in [5.74, 6) is -0.463. The molecule has 1 aliphatic carbocycles. The summed E-state index contributed by atoms with van der Waals surface area (Å²) in [4.78, 5) is 14.8. The van der Waals surface area contributed by atoms with Gasteiger partial charge in [0.15, 0.2) is 9.84 Å². The maximum Gasteiger partial charge on any atom is 0.224 e. The number of hydrogen-bond acceptors (Lipinski definition) is 5. The smallest absolute Gasteiger partial charge is 0.224 e. The van der Waals surface area contributed by atoms with Crippen LogP contribution in [-0.2, 0) is 34.3 Å². The second-order valence-electron chi connectivity index (χ2n) is 7.93. The first-order valence-electron chi connectivity index (χ1n) is 9.78. The molecule has 0 aromatic carbocycles. The average Bonchev–Trinajstić information content (AvgIpc) is 3.22. The lowest BCUT2D eigenvalue weighted by molar-refractivity contribution is -0.124. The van der Waals surface area contributed by atoms with Gasteiger partial charge in [-0.25, -0.2) is 8.42 Å². The molecule has 4 rings (SSSR count). The number of nitrogens with one attached hydrogen (secondary N) is 1. The number of hydrogen-bond donors (Lipinski definition) is 1. The summed E-state index contributed by atoms with van der Waals surface area (Å²) in [7, 11) is -3.03. The molecule has 2 aliphatic heterocycles. The summed E-state index contributed by atoms with van der Waals surface area (Å²) in [6, 6.07) is 2.79. The van der Waals surface area contributed by atoms with Crippen molar-refractivity contribution in [1.29, 1.82) is 0 Å². The number of amides is 1. The van der Waals surface area contributed by atoms with E-state index in [2.05, 4.69) is 26.1 Å². The van der Waals surface area contributed by atoms with E-state index in [0.717, 1.165) is 25.3 Å². The van der Waals surface area contributed by atoms with Gasteiger partial charge in [0.05, 0.1) is 41.9 Å². The average molecular weight is 381 g/mol. The fourth-order valence-electron chi connectivity index (χ4n) is 4.51. The van der Waals surface area contributed by atoms with Gasteiger partial charge in [0, 0.05) is 19.1 Å². The molecule has 1 aromatic heterocycles. The fraction of sp³-hybridized carbons (Fsp3) is 0.778. The standard InChI is InChI=1S/C18H28N4O3S/c23-18(14-6-9-26(24,25)13-14)19-11-15-10-17-12-21(7-8-22(17)20-15)16-4-2-1-3-5-16/h10,14,16H,1-9,11-13H2,(H,19,23). The monoisotopic (exact) mass is 380 g/mol. The Bertz CT molecular complexity index is 767. The van der Waals surface area contributed by atoms with Gasteiger partial charge in [-0.1, -0.05) is 19.3 Å². The van der Waals surface area contributed by atoms with Gasteiger partial charge in [0.25, 0.3) is 0 Å². The third-order valence-electron chi connectivity index (χ3n) is 6.02. The molecule has 26 heavy (non-hydrogen) atoms. The largest absolute Gasteiger partial charge is 0.350 e. The van der Waals surface area contributed by atoms with Crippen LogP contribution in [0.1, 0.15) is 49.9 Å². The van der Waals surface area contributed by atoms with E-state index in [9.17, 15) is 13.2 Å². The van der Waals surface area contributed by atoms with Gasteiger partial charge in [0.1, 0.15) is 0 Å². The molecular weight excluding hydrogens is 352 g/mol. The molecule has 0 spiro atoms. The molecule has 1 aromatic rings. The van der Waals surface area contributed by atoms with Crippen LogP contribution in [-0.4, -0.2) is 53.1 Å². The third kappa shape index (κ3) is 3.96. The summed E-state index contributed by atoms with van der Waals surface area (Å²) >= 11 is 0. The number of nitrogens with zero attached hydrogens (tertiary/aromatic N) is 3. The van der Waals surface area contributed by atoms with Crippen LogP contribution < -0.4 is 5.32 Å². The van der Waals surface area contributed by atoms with Crippen molar-refractivity contribution in [3.05, 3.63) is 17.5 Å². The highest BCUT2D eigenvalue weighted by molar-refractivity contribution is 7.91. The molecule has 1 saturated carbocycles. The molecule has 0 bridgehead atoms. The molecule has 0 radical (unpaired) electrons. The predicted molar refractivity (Wildman–Crippen MR) is 98.1 cm³/mol. The van der Waals surface area contributed by atoms with Crippen LogP contribution in [0.25, 0.3) is 0 Å². The van der Waals surface area contributed by atoms with E-state index in [1.807, 2.05) is 0 Å². The summed E-state index contributed by atoms with van der Waals surface area (Å²) in [6.45, 7) is 3.26. The van der Waals surface area contributed by atoms with E-state index < -0.39 is 15.8 Å². The highest BCUT2D eigenvalue weighted by atomic mass is 32.2. The Morgan fingerprint density at radius 2 is 2.00 bits per heavy atom. The van der Waals surface area contributed by atoms with E-state index in [4.69, 9.17) is 0 Å². The molecule has 144 valence electrons. The lowest BCUT2D eigenvalue weighted by Crippen LogP contribution is -2.42. The molecular formula is C18H28N4O3S. The van der Waals surface area contributed by atoms with E-state index in [1.54, 1.807) is 0 Å². The summed E-state index contributed by atoms with van der Waals surface area (Å²) in [5, 5.41) is 7.48. The van der Waals surface area contributed by atoms with Crippen LogP contribution in [0.3, 0.4) is 0 Å². The fourth-order valence-corrected chi connectivity index (χ4v) is 6.26. The van der Waals surface area contributed by atoms with Crippen molar-refractivity contribution in [2.75, 3.05) is 18.1 Å². The van der Waals surface area contributed by atoms with Crippen molar-refractivity contribution in [2.24, 2.45) is 5.92 Å². The Hall–Kier alpha value is -1.41. The Labute approximate surface area is 155 Å². The lowest BCUT2D eigenvalue weighted by atomic mass is 9.94. The van der Waals surface area contributed by atoms with Gasteiger partial charge in [0.2, 0.25) is 5.91 Å². The Morgan fingerprint density at radius 1 is 1.19 bits per heavy atom. The summed E-state index contributed by atoms with van der Waals surface area (Å²) in [6.07, 6.45) is 7.10. The van der Waals surface area contributed by atoms with Crippen molar-refractivity contribution in [3.63, 3.8) is 0 Å². The van der Waals surface area contributed by atoms with Crippen molar-refractivity contribution < 1.29 is 13.2 Å². The quantitative estimate of drug-likeness (QED) is 0.845. The molecule has 3 heterocycles. The van der Waals surface area contributed by atoms with E-state index in [-0.39, 0.29) is 17.4 Å². The van der Waals surface area contributed by atoms with Crippen molar-refractivity contribution in [3.8, 4) is 0 Å². The van der Waals surface area contributed by atoms with Crippen molar-refractivity contribution in [2.45, 2.75) is 64.2 Å². The number of sulfone groups is 1. The maximum atomic E-state index is 12.2. The Morgan fingerprint density at radius 3 is 2.73 bits per heavy atom. The van der Waals surface area contributed by atoms with Gasteiger partial charge >= 0.3 is 0 Å². The molecule has 1 saturated heterocycles. The number of rotatable bonds is 4. The molecule has 1 unspecified atom stereocenters. The second kappa shape index (κ2) is 7.31. The first-order chi connectivity index (χ1) is 12.5. The predicted octanol–water partition coefficient (Wildman–Crippen LogP) is 1.08. The van der Waals surface area contributed by atoms with Gasteiger partial charge in [-0.2, -0.15) is 5.10 Å². The van der Waals surface area contributed by atoms with Crippen LogP contribution in [0.15, 0.2) is 6.07 Å². The SMILES string of the molecule is O=C(NCc1cc2n(n1)CCN(C1CCCCC1)C2)C1CCS(=O)(=O)C1. The zero-order valence-corrected chi connectivity index (χ0v) is 16.0. The maximum absolute atomic E-state index is 12.2. The van der Waals surface area contributed by atoms with Crippen molar-refractivity contribution >= 4 is 15.7 Å². The molecule has 7 nitrogen and oxygen atoms in total. The normalized spacial score (nSPS) is 26.5. The van der Waals surface area contributed by atoms with Gasteiger partial charge < -0.3 is 5.32 Å². The number of aromatic nitrogens is 2. The molecule has 1 N–H and O–H groups in total. The van der Waals surface area contributed by atoms with E-state index in [1.165, 1.54) is 37.8 Å². The molecule has 1 atom stereocenters. The van der Waals surface area contributed by atoms with Gasteiger partial charge in [-0.3, -0.25) is 14.4 Å². The Balaban J connectivity index is 1.32. The molecule has 2 fully saturated rings. The minimum absolute atomic E-state index is 0.0190. The number of carbonyl (C=O) groups is 1.